The molecule has 0 fully saturated rings. The van der Waals surface area contributed by atoms with E-state index in [-0.39, 0.29) is 5.82 Å². The average molecular weight is 653 g/mol. The van der Waals surface area contributed by atoms with Gasteiger partial charge in [0.05, 0.1) is 12.8 Å². The third-order valence-corrected chi connectivity index (χ3v) is 9.12. The van der Waals surface area contributed by atoms with E-state index in [0.29, 0.717) is 50.6 Å². The molecular formula is C29H43Cl2N7O4Si. The Morgan fingerprint density at radius 2 is 1.88 bits per heavy atom. The molecule has 3 rings (SSSR count). The van der Waals surface area contributed by atoms with Crippen molar-refractivity contribution in [3.05, 3.63) is 41.6 Å². The molecule has 0 saturated heterocycles. The van der Waals surface area contributed by atoms with Crippen LogP contribution in [0.2, 0.25) is 25.7 Å². The van der Waals surface area contributed by atoms with Gasteiger partial charge in [-0.1, -0.05) is 19.6 Å². The molecule has 0 aliphatic heterocycles. The van der Waals surface area contributed by atoms with Crippen LogP contribution in [0, 0.1) is 13.8 Å². The molecule has 0 aliphatic carbocycles. The molecular weight excluding hydrogens is 609 g/mol. The molecule has 3 aromatic rings. The van der Waals surface area contributed by atoms with Gasteiger partial charge in [-0.15, -0.1) is 23.2 Å². The standard InChI is InChI=1S/C29H43Cl2N7O4Si/c1-8-37-23(12-13-33-37)29(40)34-22(10-9-11-25(30)31)28(39)35-27-24(41-4)16-21(17-32-27)26-19(2)36-38(20(26)3)18-42-14-15-43(5,6)7/h12-13,16-17,22,25H,8-11,14-15,18H2,1-7H3,(H,34,40)(H,32,35,39). The minimum Gasteiger partial charge on any atom is -0.493 e. The van der Waals surface area contributed by atoms with Crippen LogP contribution < -0.4 is 15.4 Å². The van der Waals surface area contributed by atoms with Crippen LogP contribution in [-0.2, 0) is 22.8 Å². The van der Waals surface area contributed by atoms with Crippen LogP contribution in [0.1, 0.15) is 48.1 Å². The third-order valence-electron chi connectivity index (χ3n) is 6.98. The minimum absolute atomic E-state index is 0.235. The van der Waals surface area contributed by atoms with Crippen molar-refractivity contribution in [1.29, 1.82) is 0 Å². The summed E-state index contributed by atoms with van der Waals surface area (Å²) in [5.41, 5.74) is 3.86. The van der Waals surface area contributed by atoms with Crippen molar-refractivity contribution < 1.29 is 19.1 Å². The number of hydrogen-bond acceptors (Lipinski definition) is 7. The molecule has 14 heteroatoms. The number of aryl methyl sites for hydroxylation is 2. The van der Waals surface area contributed by atoms with E-state index < -0.39 is 30.8 Å². The second-order valence-corrected chi connectivity index (χ2v) is 18.4. The molecule has 0 bridgehead atoms. The summed E-state index contributed by atoms with van der Waals surface area (Å²) < 4.78 is 14.9. The van der Waals surface area contributed by atoms with Gasteiger partial charge in [0.1, 0.15) is 23.3 Å². The highest BCUT2D eigenvalue weighted by Gasteiger charge is 2.25. The first-order chi connectivity index (χ1) is 20.3. The second kappa shape index (κ2) is 15.7. The topological polar surface area (TPSA) is 125 Å². The largest absolute Gasteiger partial charge is 0.493 e. The maximum Gasteiger partial charge on any atom is 0.270 e. The summed E-state index contributed by atoms with van der Waals surface area (Å²) in [6.45, 7) is 14.4. The molecule has 11 nitrogen and oxygen atoms in total. The normalized spacial score (nSPS) is 12.4. The van der Waals surface area contributed by atoms with Crippen LogP contribution in [0.4, 0.5) is 5.82 Å². The fraction of sp³-hybridized carbons (Fsp3) is 0.552. The van der Waals surface area contributed by atoms with Crippen LogP contribution in [0.3, 0.4) is 0 Å². The van der Waals surface area contributed by atoms with Crippen molar-refractivity contribution in [2.75, 3.05) is 19.0 Å². The zero-order valence-electron chi connectivity index (χ0n) is 26.0. The number of carbonyl (C=O) groups is 2. The molecule has 43 heavy (non-hydrogen) atoms. The number of amides is 2. The van der Waals surface area contributed by atoms with E-state index in [1.807, 2.05) is 31.5 Å². The zero-order chi connectivity index (χ0) is 31.7. The SMILES string of the molecule is CCn1nccc1C(=O)NC(CCCC(Cl)Cl)C(=O)Nc1ncc(-c2c(C)nn(COCC[Si](C)(C)C)c2C)cc1OC. The summed E-state index contributed by atoms with van der Waals surface area (Å²) in [5, 5.41) is 14.5. The number of pyridine rings is 1. The van der Waals surface area contributed by atoms with Gasteiger partial charge in [-0.05, 0) is 58.2 Å². The number of methoxy groups -OCH3 is 1. The Labute approximate surface area is 264 Å². The van der Waals surface area contributed by atoms with Gasteiger partial charge in [0.15, 0.2) is 11.6 Å². The van der Waals surface area contributed by atoms with Crippen molar-refractivity contribution in [3.8, 4) is 16.9 Å². The smallest absolute Gasteiger partial charge is 0.270 e. The molecule has 2 amide bonds. The molecule has 0 aromatic carbocycles. The van der Waals surface area contributed by atoms with Crippen molar-refractivity contribution in [2.24, 2.45) is 0 Å². The average Bonchev–Trinajstić information content (AvgIpc) is 3.53. The predicted molar refractivity (Wildman–Crippen MR) is 173 cm³/mol. The predicted octanol–water partition coefficient (Wildman–Crippen LogP) is 5.81. The van der Waals surface area contributed by atoms with Crippen molar-refractivity contribution in [1.82, 2.24) is 29.9 Å². The Morgan fingerprint density at radius 3 is 2.53 bits per heavy atom. The lowest BCUT2D eigenvalue weighted by Crippen LogP contribution is -2.44. The van der Waals surface area contributed by atoms with Gasteiger partial charge < -0.3 is 20.1 Å². The first-order valence-corrected chi connectivity index (χ1v) is 19.0. The third kappa shape index (κ3) is 9.78. The summed E-state index contributed by atoms with van der Waals surface area (Å²) >= 11 is 11.8. The van der Waals surface area contributed by atoms with Gasteiger partial charge in [0.25, 0.3) is 5.91 Å². The van der Waals surface area contributed by atoms with Gasteiger partial charge in [-0.25, -0.2) is 9.67 Å². The molecule has 2 N–H and O–H groups in total. The number of alkyl halides is 2. The van der Waals surface area contributed by atoms with Gasteiger partial charge in [-0.2, -0.15) is 10.2 Å². The second-order valence-electron chi connectivity index (χ2n) is 11.5. The van der Waals surface area contributed by atoms with E-state index in [1.165, 1.54) is 7.11 Å². The van der Waals surface area contributed by atoms with Crippen molar-refractivity contribution in [3.63, 3.8) is 0 Å². The summed E-state index contributed by atoms with van der Waals surface area (Å²) in [5.74, 6) is -0.236. The minimum atomic E-state index is -1.18. The maximum atomic E-state index is 13.4. The van der Waals surface area contributed by atoms with Crippen molar-refractivity contribution in [2.45, 2.75) is 89.9 Å². The van der Waals surface area contributed by atoms with Crippen molar-refractivity contribution >= 4 is 48.9 Å². The number of hydrogen-bond donors (Lipinski definition) is 2. The van der Waals surface area contributed by atoms with Gasteiger partial charge in [0, 0.05) is 50.4 Å². The molecule has 236 valence electrons. The van der Waals surface area contributed by atoms with E-state index in [1.54, 1.807) is 23.1 Å². The van der Waals surface area contributed by atoms with Gasteiger partial charge in [0.2, 0.25) is 5.91 Å². The summed E-state index contributed by atoms with van der Waals surface area (Å²) in [6, 6.07) is 3.64. The number of nitrogens with zero attached hydrogens (tertiary/aromatic N) is 5. The number of aromatic nitrogens is 5. The first-order valence-electron chi connectivity index (χ1n) is 14.4. The number of ether oxygens (including phenoxy) is 2. The molecule has 1 unspecified atom stereocenters. The number of rotatable bonds is 16. The summed E-state index contributed by atoms with van der Waals surface area (Å²) in [4.78, 5) is 30.4. The summed E-state index contributed by atoms with van der Waals surface area (Å²) in [7, 11) is 0.332. The Hall–Kier alpha value is -2.93. The molecule has 3 heterocycles. The quantitative estimate of drug-likeness (QED) is 0.114. The van der Waals surface area contributed by atoms with Gasteiger partial charge in [-0.3, -0.25) is 14.3 Å². The number of carbonyl (C=O) groups excluding carboxylic acids is 2. The monoisotopic (exact) mass is 651 g/mol. The Morgan fingerprint density at radius 1 is 1.14 bits per heavy atom. The molecule has 0 spiro atoms. The van der Waals surface area contributed by atoms with Crippen LogP contribution in [0.25, 0.3) is 11.1 Å². The summed E-state index contributed by atoms with van der Waals surface area (Å²) in [6.07, 6.45) is 4.54. The van der Waals surface area contributed by atoms with Crippen LogP contribution in [0.5, 0.6) is 5.75 Å². The molecule has 0 radical (unpaired) electrons. The van der Waals surface area contributed by atoms with E-state index in [2.05, 4.69) is 45.5 Å². The highest BCUT2D eigenvalue weighted by atomic mass is 35.5. The Balaban J connectivity index is 1.78. The van der Waals surface area contributed by atoms with Crippen LogP contribution >= 0.6 is 23.2 Å². The molecule has 0 aliphatic rings. The number of nitrogens with one attached hydrogen (secondary N) is 2. The van der Waals surface area contributed by atoms with E-state index in [0.717, 1.165) is 28.6 Å². The molecule has 0 saturated carbocycles. The molecule has 3 aromatic heterocycles. The fourth-order valence-corrected chi connectivity index (χ4v) is 5.62. The Bertz CT molecular complexity index is 1390. The first kappa shape index (κ1) is 34.6. The lowest BCUT2D eigenvalue weighted by Gasteiger charge is -2.19. The fourth-order valence-electron chi connectivity index (χ4n) is 4.56. The highest BCUT2D eigenvalue weighted by molar-refractivity contribution is 6.76. The maximum absolute atomic E-state index is 13.4. The van der Waals surface area contributed by atoms with E-state index in [9.17, 15) is 9.59 Å². The van der Waals surface area contributed by atoms with Crippen LogP contribution in [0.15, 0.2) is 24.5 Å². The van der Waals surface area contributed by atoms with E-state index >= 15 is 0 Å². The highest BCUT2D eigenvalue weighted by Crippen LogP contribution is 2.32. The lowest BCUT2D eigenvalue weighted by atomic mass is 10.1. The zero-order valence-corrected chi connectivity index (χ0v) is 28.6. The van der Waals surface area contributed by atoms with Gasteiger partial charge >= 0.3 is 0 Å². The molecule has 1 atom stereocenters. The van der Waals surface area contributed by atoms with Crippen LogP contribution in [-0.4, -0.2) is 69.0 Å². The van der Waals surface area contributed by atoms with E-state index in [4.69, 9.17) is 32.7 Å². The lowest BCUT2D eigenvalue weighted by molar-refractivity contribution is -0.118. The Kier molecular flexibility index (Phi) is 12.6. The number of anilines is 1. The number of halogens is 2.